The second kappa shape index (κ2) is 5.32. The van der Waals surface area contributed by atoms with E-state index in [1.165, 1.54) is 15.8 Å². The summed E-state index contributed by atoms with van der Waals surface area (Å²) in [4.78, 5) is 12.5. The van der Waals surface area contributed by atoms with E-state index in [-0.39, 0.29) is 11.9 Å². The fourth-order valence-corrected chi connectivity index (χ4v) is 2.50. The van der Waals surface area contributed by atoms with E-state index in [2.05, 4.69) is 31.3 Å². The van der Waals surface area contributed by atoms with Crippen LogP contribution in [0.15, 0.2) is 28.7 Å². The van der Waals surface area contributed by atoms with E-state index in [4.69, 9.17) is 4.42 Å². The first-order valence-corrected chi connectivity index (χ1v) is 6.40. The highest BCUT2D eigenvalue weighted by molar-refractivity contribution is 7.12. The van der Waals surface area contributed by atoms with Crippen LogP contribution in [-0.4, -0.2) is 4.92 Å². The van der Waals surface area contributed by atoms with Crippen LogP contribution in [0.5, 0.6) is 0 Å². The van der Waals surface area contributed by atoms with Gasteiger partial charge in [0.1, 0.15) is 10.7 Å². The molecule has 0 saturated carbocycles. The second-order valence-electron chi connectivity index (χ2n) is 4.05. The minimum atomic E-state index is -0.532. The zero-order chi connectivity index (χ0) is 13.1. The van der Waals surface area contributed by atoms with Crippen LogP contribution < -0.4 is 5.32 Å². The third-order valence-corrected chi connectivity index (χ3v) is 3.78. The summed E-state index contributed by atoms with van der Waals surface area (Å²) in [6.45, 7) is 4.60. The molecule has 0 aromatic carbocycles. The molecule has 1 unspecified atom stereocenters. The molecule has 96 valence electrons. The van der Waals surface area contributed by atoms with Gasteiger partial charge in [0.2, 0.25) is 0 Å². The number of nitrogens with one attached hydrogen (secondary N) is 1. The summed E-state index contributed by atoms with van der Waals surface area (Å²) in [5.41, 5.74) is 0. The van der Waals surface area contributed by atoms with Crippen LogP contribution in [0, 0.1) is 17.0 Å². The lowest BCUT2D eigenvalue weighted by Crippen LogP contribution is -2.16. The maximum absolute atomic E-state index is 10.5. The van der Waals surface area contributed by atoms with Gasteiger partial charge in [-0.15, -0.1) is 11.3 Å². The predicted octanol–water partition coefficient (Wildman–Crippen LogP) is 3.41. The quantitative estimate of drug-likeness (QED) is 0.665. The maximum Gasteiger partial charge on any atom is 0.433 e. The van der Waals surface area contributed by atoms with Crippen molar-refractivity contribution in [1.82, 2.24) is 5.32 Å². The standard InChI is InChI=1S/C12H14N2O3S/c1-8-3-5-11(18-8)9(2)13-7-10-4-6-12(17-10)14(15)16/h3-6,9,13H,7H2,1-2H3. The summed E-state index contributed by atoms with van der Waals surface area (Å²) in [6, 6.07) is 7.36. The molecule has 2 heterocycles. The van der Waals surface area contributed by atoms with E-state index in [9.17, 15) is 10.1 Å². The number of rotatable bonds is 5. The average Bonchev–Trinajstić information content (AvgIpc) is 2.94. The van der Waals surface area contributed by atoms with Gasteiger partial charge in [0.05, 0.1) is 12.6 Å². The molecule has 5 nitrogen and oxygen atoms in total. The van der Waals surface area contributed by atoms with E-state index >= 15 is 0 Å². The monoisotopic (exact) mass is 266 g/mol. The van der Waals surface area contributed by atoms with Gasteiger partial charge in [0.15, 0.2) is 0 Å². The van der Waals surface area contributed by atoms with Gasteiger partial charge in [-0.3, -0.25) is 10.1 Å². The van der Waals surface area contributed by atoms with Crippen LogP contribution in [-0.2, 0) is 6.54 Å². The first-order valence-electron chi connectivity index (χ1n) is 5.59. The van der Waals surface area contributed by atoms with Crippen LogP contribution in [0.1, 0.15) is 28.5 Å². The van der Waals surface area contributed by atoms with Crippen molar-refractivity contribution in [3.63, 3.8) is 0 Å². The third kappa shape index (κ3) is 2.96. The van der Waals surface area contributed by atoms with Crippen LogP contribution in [0.25, 0.3) is 0 Å². The van der Waals surface area contributed by atoms with Gasteiger partial charge in [0, 0.05) is 15.8 Å². The Kier molecular flexibility index (Phi) is 3.78. The van der Waals surface area contributed by atoms with E-state index in [1.807, 2.05) is 0 Å². The molecule has 2 aromatic heterocycles. The van der Waals surface area contributed by atoms with E-state index in [0.717, 1.165) is 0 Å². The van der Waals surface area contributed by atoms with Crippen molar-refractivity contribution in [2.24, 2.45) is 0 Å². The Labute approximate surface area is 109 Å². The second-order valence-corrected chi connectivity index (χ2v) is 5.37. The number of hydrogen-bond donors (Lipinski definition) is 1. The number of hydrogen-bond acceptors (Lipinski definition) is 5. The molecule has 0 aliphatic carbocycles. The van der Waals surface area contributed by atoms with Crippen molar-refractivity contribution >= 4 is 17.2 Å². The van der Waals surface area contributed by atoms with Crippen molar-refractivity contribution < 1.29 is 9.34 Å². The minimum absolute atomic E-state index is 0.202. The Morgan fingerprint density at radius 1 is 1.44 bits per heavy atom. The van der Waals surface area contributed by atoms with Crippen molar-refractivity contribution in [3.8, 4) is 0 Å². The van der Waals surface area contributed by atoms with Crippen molar-refractivity contribution in [2.75, 3.05) is 0 Å². The molecule has 0 radical (unpaired) electrons. The van der Waals surface area contributed by atoms with Gasteiger partial charge >= 0.3 is 5.88 Å². The average molecular weight is 266 g/mol. The molecule has 0 aliphatic rings. The minimum Gasteiger partial charge on any atom is -0.404 e. The smallest absolute Gasteiger partial charge is 0.404 e. The van der Waals surface area contributed by atoms with Crippen LogP contribution in [0.3, 0.4) is 0 Å². The molecular formula is C12H14N2O3S. The summed E-state index contributed by atoms with van der Waals surface area (Å²) in [5, 5.41) is 13.7. The highest BCUT2D eigenvalue weighted by Gasteiger charge is 2.13. The largest absolute Gasteiger partial charge is 0.433 e. The summed E-state index contributed by atoms with van der Waals surface area (Å²) in [5.74, 6) is 0.355. The van der Waals surface area contributed by atoms with Crippen LogP contribution in [0.4, 0.5) is 5.88 Å². The molecule has 2 rings (SSSR count). The Morgan fingerprint density at radius 2 is 2.22 bits per heavy atom. The zero-order valence-electron chi connectivity index (χ0n) is 10.2. The molecule has 0 aliphatic heterocycles. The van der Waals surface area contributed by atoms with Gasteiger partial charge in [-0.05, 0) is 32.0 Å². The molecule has 1 N–H and O–H groups in total. The number of furan rings is 1. The normalized spacial score (nSPS) is 12.6. The topological polar surface area (TPSA) is 68.3 Å². The summed E-state index contributed by atoms with van der Waals surface area (Å²) in [7, 11) is 0. The number of nitrogens with zero attached hydrogens (tertiary/aromatic N) is 1. The number of thiophene rings is 1. The van der Waals surface area contributed by atoms with Gasteiger partial charge < -0.3 is 9.73 Å². The van der Waals surface area contributed by atoms with E-state index in [0.29, 0.717) is 12.3 Å². The molecule has 1 atom stereocenters. The molecule has 6 heteroatoms. The maximum atomic E-state index is 10.5. The molecular weight excluding hydrogens is 252 g/mol. The zero-order valence-corrected chi connectivity index (χ0v) is 11.0. The Balaban J connectivity index is 1.92. The Bertz CT molecular complexity index is 547. The lowest BCUT2D eigenvalue weighted by atomic mass is 10.2. The molecule has 18 heavy (non-hydrogen) atoms. The van der Waals surface area contributed by atoms with Gasteiger partial charge in [-0.25, -0.2) is 0 Å². The van der Waals surface area contributed by atoms with E-state index in [1.54, 1.807) is 17.4 Å². The number of nitro groups is 1. The first kappa shape index (κ1) is 12.8. The van der Waals surface area contributed by atoms with Crippen LogP contribution >= 0.6 is 11.3 Å². The van der Waals surface area contributed by atoms with Crippen molar-refractivity contribution in [3.05, 3.63) is 49.9 Å². The molecule has 0 bridgehead atoms. The fourth-order valence-electron chi connectivity index (χ4n) is 1.60. The van der Waals surface area contributed by atoms with Crippen molar-refractivity contribution in [1.29, 1.82) is 0 Å². The van der Waals surface area contributed by atoms with Gasteiger partial charge in [-0.1, -0.05) is 0 Å². The third-order valence-electron chi connectivity index (χ3n) is 2.60. The lowest BCUT2D eigenvalue weighted by molar-refractivity contribution is -0.402. The molecule has 0 spiro atoms. The number of aryl methyl sites for hydroxylation is 1. The highest BCUT2D eigenvalue weighted by atomic mass is 32.1. The Hall–Kier alpha value is -1.66. The first-order chi connectivity index (χ1) is 8.56. The molecule has 2 aromatic rings. The lowest BCUT2D eigenvalue weighted by Gasteiger charge is -2.10. The van der Waals surface area contributed by atoms with E-state index < -0.39 is 4.92 Å². The highest BCUT2D eigenvalue weighted by Crippen LogP contribution is 2.23. The summed E-state index contributed by atoms with van der Waals surface area (Å²) < 4.78 is 5.08. The molecule has 0 saturated heterocycles. The van der Waals surface area contributed by atoms with Gasteiger partial charge in [0.25, 0.3) is 0 Å². The predicted molar refractivity (Wildman–Crippen MR) is 69.7 cm³/mol. The molecule has 0 amide bonds. The fraction of sp³-hybridized carbons (Fsp3) is 0.333. The van der Waals surface area contributed by atoms with Crippen LogP contribution in [0.2, 0.25) is 0 Å². The van der Waals surface area contributed by atoms with Crippen molar-refractivity contribution in [2.45, 2.75) is 26.4 Å². The van der Waals surface area contributed by atoms with Gasteiger partial charge in [-0.2, -0.15) is 0 Å². The Morgan fingerprint density at radius 3 is 2.78 bits per heavy atom. The summed E-state index contributed by atoms with van der Waals surface area (Å²) >= 11 is 1.74. The molecule has 0 fully saturated rings. The SMILES string of the molecule is Cc1ccc(C(C)NCc2ccc([N+](=O)[O-])o2)s1. The summed E-state index contributed by atoms with van der Waals surface area (Å²) in [6.07, 6.45) is 0.